The van der Waals surface area contributed by atoms with Crippen LogP contribution in [-0.2, 0) is 28.8 Å². The summed E-state index contributed by atoms with van der Waals surface area (Å²) in [6, 6.07) is -2.22. The quantitative estimate of drug-likeness (QED) is 0.0344. The third kappa shape index (κ3) is 31.0. The molecule has 3 amide bonds. The highest BCUT2D eigenvalue weighted by molar-refractivity contribution is 5.84. The molecule has 0 radical (unpaired) electrons. The van der Waals surface area contributed by atoms with Gasteiger partial charge in [0.05, 0.1) is 12.1 Å². The Labute approximate surface area is 300 Å². The number of hydrogen-bond acceptors (Lipinski definition) is 8. The number of aliphatic carboxylic acids is 2. The van der Waals surface area contributed by atoms with Crippen molar-refractivity contribution < 1.29 is 39.0 Å². The predicted molar refractivity (Wildman–Crippen MR) is 195 cm³/mol. The van der Waals surface area contributed by atoms with Crippen molar-refractivity contribution in [2.24, 2.45) is 11.5 Å². The molecule has 0 bridgehead atoms. The van der Waals surface area contributed by atoms with Crippen LogP contribution in [0.2, 0.25) is 0 Å². The van der Waals surface area contributed by atoms with Crippen LogP contribution in [-0.4, -0.2) is 77.4 Å². The number of aldehydes is 1. The van der Waals surface area contributed by atoms with E-state index in [4.69, 9.17) is 16.6 Å². The van der Waals surface area contributed by atoms with Gasteiger partial charge in [-0.3, -0.25) is 19.2 Å². The van der Waals surface area contributed by atoms with Crippen molar-refractivity contribution in [3.63, 3.8) is 0 Å². The third-order valence-electron chi connectivity index (χ3n) is 8.88. The monoisotopic (exact) mass is 712 g/mol. The van der Waals surface area contributed by atoms with Crippen LogP contribution in [0.15, 0.2) is 0 Å². The van der Waals surface area contributed by atoms with E-state index in [1.807, 2.05) is 0 Å². The summed E-state index contributed by atoms with van der Waals surface area (Å²) < 4.78 is 0. The van der Waals surface area contributed by atoms with E-state index in [0.29, 0.717) is 57.9 Å². The first-order chi connectivity index (χ1) is 24.1. The molecular weight excluding hydrogens is 642 g/mol. The van der Waals surface area contributed by atoms with E-state index in [-0.39, 0.29) is 43.4 Å². The Bertz CT molecular complexity index is 936. The average molecular weight is 712 g/mol. The van der Waals surface area contributed by atoms with E-state index in [0.717, 1.165) is 44.9 Å². The Balaban J connectivity index is 3.75. The molecule has 0 aromatic heterocycles. The van der Waals surface area contributed by atoms with Gasteiger partial charge in [0.2, 0.25) is 17.7 Å². The maximum absolute atomic E-state index is 12.3. The minimum Gasteiger partial charge on any atom is -0.481 e. The van der Waals surface area contributed by atoms with Gasteiger partial charge in [-0.1, -0.05) is 89.9 Å². The van der Waals surface area contributed by atoms with Crippen molar-refractivity contribution >= 4 is 35.9 Å². The molecule has 0 saturated heterocycles. The van der Waals surface area contributed by atoms with Gasteiger partial charge in [0.25, 0.3) is 0 Å². The number of unbranched alkanes of at least 4 members (excludes halogenated alkanes) is 17. The van der Waals surface area contributed by atoms with Gasteiger partial charge >= 0.3 is 11.9 Å². The molecule has 13 heteroatoms. The van der Waals surface area contributed by atoms with Crippen LogP contribution in [0.5, 0.6) is 0 Å². The number of carbonyl (C=O) groups is 6. The fraction of sp³-hybridized carbons (Fsp3) is 0.838. The lowest BCUT2D eigenvalue weighted by atomic mass is 10.0. The standard InChI is InChI=1S/C37H69N5O8/c38-30(29-43)21-17-19-28-41-36(48)31(39)22-18-20-27-40-33(44)26-25-32(37(49)50)42-34(45)23-15-13-11-9-7-5-3-1-2-4-6-8-10-12-14-16-24-35(46)47/h29-32H,1-28,38-39H2,(H,40,44)(H,41,48)(H,42,45)(H,46,47)(H,49,50)/t30-,31-,32-/m0/s1. The molecule has 0 aliphatic rings. The van der Waals surface area contributed by atoms with E-state index >= 15 is 0 Å². The van der Waals surface area contributed by atoms with Gasteiger partial charge in [-0.05, 0) is 57.8 Å². The van der Waals surface area contributed by atoms with Crippen molar-refractivity contribution in [2.45, 2.75) is 185 Å². The highest BCUT2D eigenvalue weighted by Crippen LogP contribution is 2.14. The van der Waals surface area contributed by atoms with Gasteiger partial charge < -0.3 is 42.4 Å². The largest absolute Gasteiger partial charge is 0.481 e. The van der Waals surface area contributed by atoms with Crippen LogP contribution in [0.3, 0.4) is 0 Å². The first-order valence-electron chi connectivity index (χ1n) is 19.3. The molecule has 50 heavy (non-hydrogen) atoms. The molecule has 0 saturated carbocycles. The first-order valence-corrected chi connectivity index (χ1v) is 19.3. The minimum absolute atomic E-state index is 0.00914. The van der Waals surface area contributed by atoms with Crippen molar-refractivity contribution in [1.82, 2.24) is 16.0 Å². The molecule has 0 rings (SSSR count). The normalized spacial score (nSPS) is 12.8. The molecule has 3 atom stereocenters. The molecule has 0 heterocycles. The zero-order valence-electron chi connectivity index (χ0n) is 30.6. The number of nitrogens with one attached hydrogen (secondary N) is 3. The SMILES string of the molecule is N[C@H](C=O)CCCCNC(=O)[C@@H](N)CCCCNC(=O)CC[C@H](NC(=O)CCCCCCCCCCCCCCCCCCC(=O)O)C(=O)O. The van der Waals surface area contributed by atoms with Crippen molar-refractivity contribution in [1.29, 1.82) is 0 Å². The molecular formula is C37H69N5O8. The van der Waals surface area contributed by atoms with Crippen LogP contribution in [0, 0.1) is 0 Å². The highest BCUT2D eigenvalue weighted by Gasteiger charge is 2.21. The van der Waals surface area contributed by atoms with Crippen LogP contribution >= 0.6 is 0 Å². The smallest absolute Gasteiger partial charge is 0.326 e. The summed E-state index contributed by atoms with van der Waals surface area (Å²) in [5, 5.41) is 26.2. The molecule has 9 N–H and O–H groups in total. The minimum atomic E-state index is -1.16. The fourth-order valence-corrected chi connectivity index (χ4v) is 5.69. The fourth-order valence-electron chi connectivity index (χ4n) is 5.69. The van der Waals surface area contributed by atoms with Crippen LogP contribution < -0.4 is 27.4 Å². The van der Waals surface area contributed by atoms with Gasteiger partial charge in [-0.2, -0.15) is 0 Å². The molecule has 0 fully saturated rings. The summed E-state index contributed by atoms with van der Waals surface area (Å²) in [6.07, 6.45) is 23.0. The number of hydrogen-bond donors (Lipinski definition) is 7. The maximum atomic E-state index is 12.3. The molecule has 290 valence electrons. The van der Waals surface area contributed by atoms with Gasteiger partial charge in [0.1, 0.15) is 12.3 Å². The predicted octanol–water partition coefficient (Wildman–Crippen LogP) is 4.87. The summed E-state index contributed by atoms with van der Waals surface area (Å²) in [5.41, 5.74) is 11.5. The lowest BCUT2D eigenvalue weighted by Crippen LogP contribution is -2.41. The molecule has 0 spiro atoms. The summed E-state index contributed by atoms with van der Waals surface area (Å²) in [6.45, 7) is 0.854. The average Bonchev–Trinajstić information content (AvgIpc) is 3.08. The van der Waals surface area contributed by atoms with E-state index in [2.05, 4.69) is 16.0 Å². The lowest BCUT2D eigenvalue weighted by Gasteiger charge is -2.15. The maximum Gasteiger partial charge on any atom is 0.326 e. The Morgan fingerprint density at radius 1 is 0.520 bits per heavy atom. The van der Waals surface area contributed by atoms with Crippen molar-refractivity contribution in [2.75, 3.05) is 13.1 Å². The molecule has 0 aliphatic heterocycles. The molecule has 0 aliphatic carbocycles. The van der Waals surface area contributed by atoms with Gasteiger partial charge in [-0.15, -0.1) is 0 Å². The number of carbonyl (C=O) groups excluding carboxylic acids is 4. The van der Waals surface area contributed by atoms with E-state index in [1.54, 1.807) is 0 Å². The molecule has 0 aromatic carbocycles. The Kier molecular flexibility index (Phi) is 31.1. The van der Waals surface area contributed by atoms with Gasteiger partial charge in [0.15, 0.2) is 0 Å². The Hall–Kier alpha value is -3.06. The van der Waals surface area contributed by atoms with Crippen molar-refractivity contribution in [3.05, 3.63) is 0 Å². The summed E-state index contributed by atoms with van der Waals surface area (Å²) >= 11 is 0. The lowest BCUT2D eigenvalue weighted by molar-refractivity contribution is -0.142. The van der Waals surface area contributed by atoms with E-state index < -0.39 is 30.1 Å². The number of amides is 3. The topological polar surface area (TPSA) is 231 Å². The first kappa shape index (κ1) is 46.9. The second-order valence-electron chi connectivity index (χ2n) is 13.6. The van der Waals surface area contributed by atoms with Gasteiger partial charge in [-0.25, -0.2) is 4.79 Å². The highest BCUT2D eigenvalue weighted by atomic mass is 16.4. The zero-order valence-corrected chi connectivity index (χ0v) is 30.6. The molecule has 0 unspecified atom stereocenters. The number of nitrogens with two attached hydrogens (primary N) is 2. The van der Waals surface area contributed by atoms with E-state index in [1.165, 1.54) is 57.8 Å². The van der Waals surface area contributed by atoms with E-state index in [9.17, 15) is 33.9 Å². The molecule has 0 aromatic rings. The number of carboxylic acid groups (broad SMARTS) is 2. The van der Waals surface area contributed by atoms with Gasteiger partial charge in [0, 0.05) is 32.4 Å². The number of rotatable bonds is 36. The third-order valence-corrected chi connectivity index (χ3v) is 8.88. The van der Waals surface area contributed by atoms with Crippen LogP contribution in [0.4, 0.5) is 0 Å². The second-order valence-corrected chi connectivity index (χ2v) is 13.6. The Morgan fingerprint density at radius 3 is 1.46 bits per heavy atom. The summed E-state index contributed by atoms with van der Waals surface area (Å²) in [7, 11) is 0. The van der Waals surface area contributed by atoms with Crippen LogP contribution in [0.1, 0.15) is 167 Å². The van der Waals surface area contributed by atoms with Crippen LogP contribution in [0.25, 0.3) is 0 Å². The summed E-state index contributed by atoms with van der Waals surface area (Å²) in [4.78, 5) is 69.2. The van der Waals surface area contributed by atoms with Crippen molar-refractivity contribution in [3.8, 4) is 0 Å². The summed E-state index contributed by atoms with van der Waals surface area (Å²) in [5.74, 6) is -2.70. The molecule has 13 nitrogen and oxygen atoms in total. The Morgan fingerprint density at radius 2 is 0.980 bits per heavy atom. The number of carboxylic acids is 2. The zero-order chi connectivity index (χ0) is 37.2. The second kappa shape index (κ2) is 33.1.